The number of allylic oxidation sites excluding steroid dienone is 1. The Morgan fingerprint density at radius 2 is 1.40 bits per heavy atom. The van der Waals surface area contributed by atoms with Crippen LogP contribution in [0.1, 0.15) is 84.1 Å². The quantitative estimate of drug-likeness (QED) is 0.0376. The first kappa shape index (κ1) is 70.7. The van der Waals surface area contributed by atoms with Gasteiger partial charge in [0, 0.05) is 148 Å². The molecule has 5 heterocycles. The van der Waals surface area contributed by atoms with Crippen LogP contribution in [0.2, 0.25) is 5.02 Å². The Balaban J connectivity index is 0.657. The molecule has 6 aliphatic rings. The minimum atomic E-state index is -6.10. The zero-order chi connectivity index (χ0) is 67.6. The molecule has 27 heteroatoms. The molecule has 514 valence electrons. The smallest absolute Gasteiger partial charge is 0.380 e. The lowest BCUT2D eigenvalue weighted by molar-refractivity contribution is -0.457. The van der Waals surface area contributed by atoms with Crippen molar-refractivity contribution in [2.75, 3.05) is 145 Å². The molecule has 0 bridgehead atoms. The van der Waals surface area contributed by atoms with E-state index in [9.17, 15) is 49.3 Å². The number of sulfone groups is 1. The molecule has 5 fully saturated rings. The van der Waals surface area contributed by atoms with Crippen LogP contribution in [0.4, 0.5) is 34.6 Å². The van der Waals surface area contributed by atoms with Crippen molar-refractivity contribution in [3.63, 3.8) is 0 Å². The lowest BCUT2D eigenvalue weighted by Gasteiger charge is -2.41. The summed E-state index contributed by atoms with van der Waals surface area (Å²) in [5.74, 6) is -1.58. The number of carbonyl (C=O) groups excluding carboxylic acids is 3. The second kappa shape index (κ2) is 31.9. The normalized spacial score (nSPS) is 20.6. The first-order chi connectivity index (χ1) is 46.1. The number of piperidine rings is 2. The highest BCUT2D eigenvalue weighted by Crippen LogP contribution is 2.40. The van der Waals surface area contributed by atoms with Gasteiger partial charge in [-0.2, -0.15) is 13.2 Å². The molecule has 5 aliphatic heterocycles. The Morgan fingerprint density at radius 1 is 0.719 bits per heavy atom. The van der Waals surface area contributed by atoms with E-state index in [1.54, 1.807) is 18.2 Å². The van der Waals surface area contributed by atoms with Gasteiger partial charge >= 0.3 is 11.4 Å². The van der Waals surface area contributed by atoms with Gasteiger partial charge in [0.2, 0.25) is 6.54 Å². The number of halogens is 5. The molecule has 11 rings (SSSR count). The molecule has 5 saturated heterocycles. The van der Waals surface area contributed by atoms with E-state index in [0.29, 0.717) is 80.2 Å². The number of sulfonamides is 1. The molecular formula is C69H82ClF4N10O9S3+. The van der Waals surface area contributed by atoms with Crippen molar-refractivity contribution in [3.05, 3.63) is 153 Å². The maximum atomic E-state index is 15.3. The van der Waals surface area contributed by atoms with Crippen LogP contribution < -0.4 is 19.8 Å². The van der Waals surface area contributed by atoms with Gasteiger partial charge in [0.1, 0.15) is 10.7 Å². The van der Waals surface area contributed by atoms with Crippen molar-refractivity contribution in [3.8, 4) is 0 Å². The number of amides is 3. The average Bonchev–Trinajstić information content (AvgIpc) is 0.779. The number of anilines is 3. The fraction of sp³-hybridized carbons (Fsp3) is 0.478. The van der Waals surface area contributed by atoms with Crippen LogP contribution in [0.3, 0.4) is 0 Å². The van der Waals surface area contributed by atoms with E-state index >= 15 is 4.39 Å². The van der Waals surface area contributed by atoms with Crippen LogP contribution in [0.5, 0.6) is 0 Å². The second-order valence-corrected chi connectivity index (χ2v) is 30.8. The molecule has 5 aromatic carbocycles. The number of carbonyl (C=O) groups is 3. The number of aliphatic imine (C=N–C) groups is 1. The third-order valence-electron chi connectivity index (χ3n) is 19.1. The molecule has 0 unspecified atom stereocenters. The first-order valence-electron chi connectivity index (χ1n) is 33.0. The zero-order valence-electron chi connectivity index (χ0n) is 53.6. The van der Waals surface area contributed by atoms with Gasteiger partial charge in [-0.3, -0.25) is 19.4 Å². The maximum Gasteiger partial charge on any atom is 0.501 e. The predicted molar refractivity (Wildman–Crippen MR) is 365 cm³/mol. The molecule has 0 radical (unpaired) electrons. The number of rotatable bonds is 22. The van der Waals surface area contributed by atoms with Crippen molar-refractivity contribution in [2.45, 2.75) is 84.0 Å². The Morgan fingerprint density at radius 3 is 2.09 bits per heavy atom. The van der Waals surface area contributed by atoms with Gasteiger partial charge in [0.05, 0.1) is 39.6 Å². The molecule has 0 spiro atoms. The van der Waals surface area contributed by atoms with Crippen LogP contribution in [0, 0.1) is 22.6 Å². The molecule has 2 atom stereocenters. The number of hydrogen-bond donors (Lipinski definition) is 2. The second-order valence-electron chi connectivity index (χ2n) is 25.7. The van der Waals surface area contributed by atoms with E-state index in [1.165, 1.54) is 52.7 Å². The summed E-state index contributed by atoms with van der Waals surface area (Å²) in [6, 6.07) is 30.4. The molecule has 1 aliphatic carbocycles. The Kier molecular flexibility index (Phi) is 23.5. The number of thioether (sulfide) groups is 1. The van der Waals surface area contributed by atoms with Gasteiger partial charge in [-0.1, -0.05) is 47.5 Å². The van der Waals surface area contributed by atoms with Crippen molar-refractivity contribution in [1.82, 2.24) is 24.3 Å². The van der Waals surface area contributed by atoms with Gasteiger partial charge in [-0.15, -0.1) is 11.8 Å². The summed E-state index contributed by atoms with van der Waals surface area (Å²) in [4.78, 5) is 66.6. The molecule has 3 amide bonds. The van der Waals surface area contributed by atoms with E-state index < -0.39 is 70.4 Å². The first-order valence-corrected chi connectivity index (χ1v) is 37.3. The molecule has 96 heavy (non-hydrogen) atoms. The van der Waals surface area contributed by atoms with Crippen LogP contribution in [-0.4, -0.2) is 206 Å². The molecule has 19 nitrogen and oxygen atoms in total. The summed E-state index contributed by atoms with van der Waals surface area (Å²) in [6.07, 6.45) is 6.72. The minimum Gasteiger partial charge on any atom is -0.380 e. The largest absolute Gasteiger partial charge is 0.501 e. The van der Waals surface area contributed by atoms with Crippen LogP contribution in [-0.2, 0) is 29.4 Å². The van der Waals surface area contributed by atoms with Crippen LogP contribution in [0.15, 0.2) is 141 Å². The number of ether oxygens (including phenoxy) is 1. The van der Waals surface area contributed by atoms with E-state index in [2.05, 4.69) is 51.8 Å². The summed E-state index contributed by atoms with van der Waals surface area (Å²) in [7, 11) is -11.0. The summed E-state index contributed by atoms with van der Waals surface area (Å²) in [6.45, 7) is 13.9. The number of benzene rings is 5. The third kappa shape index (κ3) is 18.4. The number of hydrogen-bond acceptors (Lipinski definition) is 17. The molecule has 2 N–H and O–H groups in total. The van der Waals surface area contributed by atoms with Crippen molar-refractivity contribution in [2.24, 2.45) is 16.8 Å². The third-order valence-corrected chi connectivity index (χ3v) is 23.4. The monoisotopic (exact) mass is 1400 g/mol. The Labute approximate surface area is 568 Å². The van der Waals surface area contributed by atoms with E-state index in [-0.39, 0.29) is 41.0 Å². The van der Waals surface area contributed by atoms with Gasteiger partial charge in [0.15, 0.2) is 0 Å². The van der Waals surface area contributed by atoms with Crippen LogP contribution in [0.25, 0.3) is 5.57 Å². The standard InChI is InChI=1S/C69H81ClF4N10O9S3/c70-54-12-8-51(9-13-54)61-19-7-50(45-79-27-23-49(24-28-79)44-80-30-36-83(37-31-80)58-17-20-62(63(71)42-58)68(87)76-55-14-22-66(85)84(88)47-55)41-53(61)46-81-32-34-82(35-33-81)57-15-10-52(11-16-57)67(86)77-96(91,92)60-18-21-64(65(43-60)95(89,90)69(72,73)74)75-56(48-94-59-5-2-1-3-6-59)25-29-78-26-4-39-93-40-38-78/h1-3,5-6,8-13,15-18,20-21,42-43,49-50,56,75H,4,7,14,19,22-41,44-48H2/p+1/t50-,56-/m1/s1. The van der Waals surface area contributed by atoms with E-state index in [0.717, 1.165) is 140 Å². The lowest BCUT2D eigenvalue weighted by Crippen LogP contribution is -2.49. The Bertz CT molecular complexity index is 3880. The maximum absolute atomic E-state index is 15.3. The predicted octanol–water partition coefficient (Wildman–Crippen LogP) is 10.2. The lowest BCUT2D eigenvalue weighted by atomic mass is 9.80. The molecule has 5 aromatic rings. The zero-order valence-corrected chi connectivity index (χ0v) is 56.8. The number of nitrogens with zero attached hydrogens (tertiary/aromatic N) is 8. The number of likely N-dealkylation sites (tertiary alicyclic amines) is 1. The summed E-state index contributed by atoms with van der Waals surface area (Å²) in [5.41, 5.74) is -0.565. The minimum absolute atomic E-state index is 0.0197. The number of nitrogens with one attached hydrogen (secondary N) is 2. The molecule has 0 saturated carbocycles. The van der Waals surface area contributed by atoms with Gasteiger partial charge in [-0.05, 0) is 166 Å². The molecule has 0 aromatic heterocycles. The SMILES string of the molecule is O=C(NS(=O)(=O)c1ccc(N[C@H](CCN2CCCOCC2)CSc2ccccc2)c(S(=O)(=O)C(F)(F)F)c1)c1ccc(N2CCN(CC3=C(c4ccc(Cl)cc4)CC[C@@H](CN4CCC(CN5CCN(c6ccc(C(=O)N=C7CCC(=O)[N+](=O)C7)c(F)c6)CC5)CC4)C3)CC2)cc1. The van der Waals surface area contributed by atoms with E-state index in [4.69, 9.17) is 16.3 Å². The highest BCUT2D eigenvalue weighted by Gasteiger charge is 2.49. The average molecular weight is 1400 g/mol. The van der Waals surface area contributed by atoms with Crippen molar-refractivity contribution >= 4 is 89.3 Å². The van der Waals surface area contributed by atoms with Gasteiger partial charge in [0.25, 0.3) is 31.7 Å². The Hall–Kier alpha value is -6.62. The number of nitroso groups, excluding NO2 is 1. The fourth-order valence-corrected chi connectivity index (χ4v) is 16.8. The summed E-state index contributed by atoms with van der Waals surface area (Å²) >= 11 is 7.81. The molecular weight excluding hydrogens is 1320 g/mol. The van der Waals surface area contributed by atoms with Gasteiger partial charge in [-0.25, -0.2) is 35.7 Å². The highest BCUT2D eigenvalue weighted by atomic mass is 35.5. The summed E-state index contributed by atoms with van der Waals surface area (Å²) < 4.78 is 120. The number of alkyl halides is 3. The topological polar surface area (TPSA) is 205 Å². The highest BCUT2D eigenvalue weighted by molar-refractivity contribution is 7.99. The van der Waals surface area contributed by atoms with Crippen LogP contribution >= 0.6 is 23.4 Å². The van der Waals surface area contributed by atoms with Crippen molar-refractivity contribution in [1.29, 1.82) is 0 Å². The van der Waals surface area contributed by atoms with Gasteiger partial charge < -0.3 is 29.7 Å². The number of piperazine rings is 2. The van der Waals surface area contributed by atoms with E-state index in [1.807, 2.05) is 47.2 Å². The fourth-order valence-electron chi connectivity index (χ4n) is 13.7. The summed E-state index contributed by atoms with van der Waals surface area (Å²) in [5, 5.41) is 3.71. The van der Waals surface area contributed by atoms with Crippen molar-refractivity contribution < 1.29 is 58.3 Å².